The van der Waals surface area contributed by atoms with Gasteiger partial charge in [0.15, 0.2) is 0 Å². The van der Waals surface area contributed by atoms with Crippen LogP contribution in [0.1, 0.15) is 0 Å². The lowest BCUT2D eigenvalue weighted by molar-refractivity contribution is 1.71. The van der Waals surface area contributed by atoms with Gasteiger partial charge in [-0.1, -0.05) is 23.2 Å². The van der Waals surface area contributed by atoms with E-state index in [0.29, 0.717) is 0 Å². The van der Waals surface area contributed by atoms with Crippen molar-refractivity contribution < 1.29 is 0 Å². The molecule has 0 spiro atoms. The molecule has 3 heteroatoms. The van der Waals surface area contributed by atoms with E-state index in [9.17, 15) is 0 Å². The molecule has 0 aliphatic carbocycles. The first-order valence-corrected chi connectivity index (χ1v) is 2.96. The average molecular weight is 161 g/mol. The molecule has 0 aliphatic rings. The molecule has 0 bridgehead atoms. The van der Waals surface area contributed by atoms with E-state index < -0.39 is 0 Å². The standard InChI is InChI=1S/C6H4Cl2.BH3/c7-5-1-2-6(8)4-3-5;/h1-4H;1H3. The first-order valence-electron chi connectivity index (χ1n) is 2.20. The summed E-state index contributed by atoms with van der Waals surface area (Å²) in [5, 5.41) is 1.43. The van der Waals surface area contributed by atoms with Gasteiger partial charge in [-0.05, 0) is 24.3 Å². The molecule has 0 radical (unpaired) electrons. The molecule has 0 aromatic heterocycles. The van der Waals surface area contributed by atoms with Crippen molar-refractivity contribution in [2.45, 2.75) is 0 Å². The lowest BCUT2D eigenvalue weighted by Gasteiger charge is -1.86. The Hall–Kier alpha value is -0.135. The smallest absolute Gasteiger partial charge is 0.0814 e. The zero-order valence-corrected chi connectivity index (χ0v) is 5.58. The molecule has 0 saturated carbocycles. The number of halogens is 2. The van der Waals surface area contributed by atoms with Gasteiger partial charge >= 0.3 is 0 Å². The Labute approximate surface area is 66.4 Å². The van der Waals surface area contributed by atoms with Crippen molar-refractivity contribution in [3.63, 3.8) is 0 Å². The third-order valence-electron chi connectivity index (χ3n) is 0.804. The van der Waals surface area contributed by atoms with E-state index in [2.05, 4.69) is 0 Å². The Morgan fingerprint density at radius 1 is 0.778 bits per heavy atom. The van der Waals surface area contributed by atoms with Crippen molar-refractivity contribution in [2.75, 3.05) is 0 Å². The van der Waals surface area contributed by atoms with Crippen molar-refractivity contribution >= 4 is 31.6 Å². The van der Waals surface area contributed by atoms with Crippen molar-refractivity contribution in [3.8, 4) is 0 Å². The summed E-state index contributed by atoms with van der Waals surface area (Å²) in [6, 6.07) is 7.02. The summed E-state index contributed by atoms with van der Waals surface area (Å²) in [6.07, 6.45) is 0. The fourth-order valence-corrected chi connectivity index (χ4v) is 0.682. The Bertz CT molecular complexity index is 150. The van der Waals surface area contributed by atoms with Crippen LogP contribution >= 0.6 is 23.2 Å². The van der Waals surface area contributed by atoms with Crippen molar-refractivity contribution in [1.82, 2.24) is 0 Å². The second kappa shape index (κ2) is 3.81. The first-order chi connectivity index (χ1) is 3.79. The average Bonchev–Trinajstić information content (AvgIpc) is 1.77. The maximum absolute atomic E-state index is 5.55. The van der Waals surface area contributed by atoms with Gasteiger partial charge < -0.3 is 0 Å². The molecule has 9 heavy (non-hydrogen) atoms. The number of rotatable bonds is 0. The summed E-state index contributed by atoms with van der Waals surface area (Å²) in [4.78, 5) is 0. The minimum absolute atomic E-state index is 0. The highest BCUT2D eigenvalue weighted by molar-refractivity contribution is 6.32. The van der Waals surface area contributed by atoms with Gasteiger partial charge in [0, 0.05) is 10.0 Å². The SMILES string of the molecule is B.Clc1ccc(Cl)cc1. The molecule has 0 N–H and O–H groups in total. The molecule has 0 saturated heterocycles. The van der Waals surface area contributed by atoms with Gasteiger partial charge in [0.2, 0.25) is 0 Å². The van der Waals surface area contributed by atoms with E-state index >= 15 is 0 Å². The molecule has 0 nitrogen and oxygen atoms in total. The van der Waals surface area contributed by atoms with Crippen LogP contribution in [0.2, 0.25) is 10.0 Å². The van der Waals surface area contributed by atoms with Gasteiger partial charge in [-0.15, -0.1) is 0 Å². The van der Waals surface area contributed by atoms with Crippen LogP contribution in [-0.2, 0) is 0 Å². The quantitative estimate of drug-likeness (QED) is 0.508. The summed E-state index contributed by atoms with van der Waals surface area (Å²) in [6.45, 7) is 0. The van der Waals surface area contributed by atoms with Crippen molar-refractivity contribution in [1.29, 1.82) is 0 Å². The molecule has 1 aromatic carbocycles. The third kappa shape index (κ3) is 2.78. The topological polar surface area (TPSA) is 0 Å². The second-order valence-electron chi connectivity index (χ2n) is 1.44. The zero-order chi connectivity index (χ0) is 5.98. The lowest BCUT2D eigenvalue weighted by Crippen LogP contribution is -1.60. The molecule has 0 aliphatic heterocycles. The van der Waals surface area contributed by atoms with Gasteiger partial charge in [0.05, 0.1) is 8.41 Å². The highest BCUT2D eigenvalue weighted by atomic mass is 35.5. The second-order valence-corrected chi connectivity index (χ2v) is 2.31. The molecule has 48 valence electrons. The van der Waals surface area contributed by atoms with Crippen LogP contribution in [0.3, 0.4) is 0 Å². The third-order valence-corrected chi connectivity index (χ3v) is 1.31. The summed E-state index contributed by atoms with van der Waals surface area (Å²) in [7, 11) is 0. The molecular weight excluding hydrogens is 154 g/mol. The Kier molecular flexibility index (Phi) is 3.75. The first kappa shape index (κ1) is 8.86. The maximum Gasteiger partial charge on any atom is 0.0814 e. The van der Waals surface area contributed by atoms with Gasteiger partial charge in [-0.3, -0.25) is 0 Å². The van der Waals surface area contributed by atoms with E-state index in [4.69, 9.17) is 23.2 Å². The van der Waals surface area contributed by atoms with Crippen LogP contribution in [0, 0.1) is 0 Å². The summed E-state index contributed by atoms with van der Waals surface area (Å²) >= 11 is 11.1. The van der Waals surface area contributed by atoms with Gasteiger partial charge in [-0.25, -0.2) is 0 Å². The van der Waals surface area contributed by atoms with Crippen LogP contribution in [0.15, 0.2) is 24.3 Å². The monoisotopic (exact) mass is 160 g/mol. The largest absolute Gasteiger partial charge is 0.0843 e. The number of benzene rings is 1. The van der Waals surface area contributed by atoms with E-state index in [1.165, 1.54) is 0 Å². The molecular formula is C6H7BCl2. The van der Waals surface area contributed by atoms with Gasteiger partial charge in [0.25, 0.3) is 0 Å². The molecule has 0 fully saturated rings. The van der Waals surface area contributed by atoms with Crippen molar-refractivity contribution in [2.24, 2.45) is 0 Å². The van der Waals surface area contributed by atoms with E-state index in [0.717, 1.165) is 10.0 Å². The van der Waals surface area contributed by atoms with Gasteiger partial charge in [0.1, 0.15) is 0 Å². The van der Waals surface area contributed by atoms with Crippen LogP contribution in [0.25, 0.3) is 0 Å². The minimum Gasteiger partial charge on any atom is -0.0843 e. The van der Waals surface area contributed by atoms with Crippen LogP contribution in [0.5, 0.6) is 0 Å². The molecule has 0 unspecified atom stereocenters. The van der Waals surface area contributed by atoms with E-state index in [-0.39, 0.29) is 8.41 Å². The van der Waals surface area contributed by atoms with Crippen LogP contribution in [0.4, 0.5) is 0 Å². The zero-order valence-electron chi connectivity index (χ0n) is 4.07. The fraction of sp³-hybridized carbons (Fsp3) is 0. The molecule has 0 heterocycles. The lowest BCUT2D eigenvalue weighted by atomic mass is 10.4. The van der Waals surface area contributed by atoms with E-state index in [1.54, 1.807) is 24.3 Å². The molecule has 1 aromatic rings. The Morgan fingerprint density at radius 2 is 1.00 bits per heavy atom. The highest BCUT2D eigenvalue weighted by Gasteiger charge is 1.83. The molecule has 0 atom stereocenters. The predicted octanol–water partition coefficient (Wildman–Crippen LogP) is 1.81. The van der Waals surface area contributed by atoms with Crippen LogP contribution in [-0.4, -0.2) is 8.41 Å². The minimum atomic E-state index is 0. The predicted molar refractivity (Wildman–Crippen MR) is 46.4 cm³/mol. The summed E-state index contributed by atoms with van der Waals surface area (Å²) in [5.41, 5.74) is 0. The summed E-state index contributed by atoms with van der Waals surface area (Å²) in [5.74, 6) is 0. The van der Waals surface area contributed by atoms with Crippen molar-refractivity contribution in [3.05, 3.63) is 34.3 Å². The number of hydrogen-bond acceptors (Lipinski definition) is 0. The molecule has 1 rings (SSSR count). The maximum atomic E-state index is 5.55. The Balaban J connectivity index is 0.000000640. The molecule has 0 amide bonds. The van der Waals surface area contributed by atoms with Gasteiger partial charge in [-0.2, -0.15) is 0 Å². The fourth-order valence-electron chi connectivity index (χ4n) is 0.430. The highest BCUT2D eigenvalue weighted by Crippen LogP contribution is 2.12. The summed E-state index contributed by atoms with van der Waals surface area (Å²) < 4.78 is 0. The van der Waals surface area contributed by atoms with E-state index in [1.807, 2.05) is 0 Å². The Morgan fingerprint density at radius 3 is 1.22 bits per heavy atom. The van der Waals surface area contributed by atoms with Crippen LogP contribution < -0.4 is 0 Å². The number of hydrogen-bond donors (Lipinski definition) is 0. The normalized spacial score (nSPS) is 8.22.